The fourth-order valence-corrected chi connectivity index (χ4v) is 1.64. The highest BCUT2D eigenvalue weighted by atomic mass is 16.3. The molecule has 0 amide bonds. The van der Waals surface area contributed by atoms with Gasteiger partial charge in [-0.3, -0.25) is 0 Å². The minimum absolute atomic E-state index is 0.169. The number of rotatable bonds is 2. The second-order valence-corrected chi connectivity index (χ2v) is 6.13. The first-order chi connectivity index (χ1) is 7.15. The molecule has 0 aliphatic rings. The summed E-state index contributed by atoms with van der Waals surface area (Å²) in [6.45, 7) is 12.5. The second kappa shape index (κ2) is 4.21. The van der Waals surface area contributed by atoms with E-state index >= 15 is 0 Å². The molecule has 0 spiro atoms. The molecule has 90 valence electrons. The van der Waals surface area contributed by atoms with E-state index in [4.69, 9.17) is 0 Å². The van der Waals surface area contributed by atoms with Crippen molar-refractivity contribution in [1.29, 1.82) is 0 Å². The van der Waals surface area contributed by atoms with Crippen molar-refractivity contribution >= 4 is 0 Å². The molecule has 0 saturated heterocycles. The number of hydrogen-bond donors (Lipinski definition) is 1. The van der Waals surface area contributed by atoms with Crippen LogP contribution in [-0.2, 0) is 11.0 Å². The van der Waals surface area contributed by atoms with Crippen LogP contribution in [0.5, 0.6) is 0 Å². The topological polar surface area (TPSA) is 20.2 Å². The Morgan fingerprint density at radius 3 is 1.56 bits per heavy atom. The largest absolute Gasteiger partial charge is 0.385 e. The van der Waals surface area contributed by atoms with E-state index in [1.54, 1.807) is 0 Å². The molecule has 0 radical (unpaired) electrons. The molecule has 0 aliphatic heterocycles. The van der Waals surface area contributed by atoms with Crippen LogP contribution in [-0.4, -0.2) is 5.11 Å². The summed E-state index contributed by atoms with van der Waals surface area (Å²) >= 11 is 0. The van der Waals surface area contributed by atoms with E-state index in [9.17, 15) is 5.11 Å². The van der Waals surface area contributed by atoms with Crippen LogP contribution in [0.25, 0.3) is 0 Å². The Bertz CT molecular complexity index is 339. The SMILES string of the molecule is CC(C)[C@@](C)(O)c1ccc(C(C)(C)C)cc1. The van der Waals surface area contributed by atoms with Crippen LogP contribution in [0.3, 0.4) is 0 Å². The van der Waals surface area contributed by atoms with Crippen molar-refractivity contribution in [1.82, 2.24) is 0 Å². The highest BCUT2D eigenvalue weighted by Crippen LogP contribution is 2.30. The second-order valence-electron chi connectivity index (χ2n) is 6.13. The summed E-state index contributed by atoms with van der Waals surface area (Å²) in [6.07, 6.45) is 0. The molecule has 1 N–H and O–H groups in total. The van der Waals surface area contributed by atoms with Crippen LogP contribution in [0.1, 0.15) is 52.7 Å². The van der Waals surface area contributed by atoms with E-state index in [1.165, 1.54) is 5.56 Å². The molecule has 1 heteroatoms. The van der Waals surface area contributed by atoms with Crippen molar-refractivity contribution in [3.8, 4) is 0 Å². The quantitative estimate of drug-likeness (QED) is 0.802. The highest BCUT2D eigenvalue weighted by Gasteiger charge is 2.27. The molecule has 1 rings (SSSR count). The molecule has 1 aromatic rings. The van der Waals surface area contributed by atoms with Gasteiger partial charge in [-0.15, -0.1) is 0 Å². The van der Waals surface area contributed by atoms with Crippen LogP contribution >= 0.6 is 0 Å². The summed E-state index contributed by atoms with van der Waals surface area (Å²) in [5.74, 6) is 0.216. The minimum atomic E-state index is -0.740. The molecule has 1 nitrogen and oxygen atoms in total. The maximum atomic E-state index is 10.4. The van der Waals surface area contributed by atoms with Crippen molar-refractivity contribution in [2.24, 2.45) is 5.92 Å². The van der Waals surface area contributed by atoms with Gasteiger partial charge in [0.15, 0.2) is 0 Å². The van der Waals surface area contributed by atoms with E-state index in [0.717, 1.165) is 5.56 Å². The van der Waals surface area contributed by atoms with Crippen LogP contribution < -0.4 is 0 Å². The van der Waals surface area contributed by atoms with E-state index in [2.05, 4.69) is 32.9 Å². The Kier molecular flexibility index (Phi) is 3.49. The Morgan fingerprint density at radius 1 is 0.875 bits per heavy atom. The maximum absolute atomic E-state index is 10.4. The molecule has 0 unspecified atom stereocenters. The van der Waals surface area contributed by atoms with Gasteiger partial charge >= 0.3 is 0 Å². The molecule has 1 aromatic carbocycles. The Labute approximate surface area is 99.5 Å². The van der Waals surface area contributed by atoms with E-state index < -0.39 is 5.60 Å². The van der Waals surface area contributed by atoms with Crippen LogP contribution in [0.2, 0.25) is 0 Å². The number of benzene rings is 1. The average Bonchev–Trinajstić information content (AvgIpc) is 2.16. The summed E-state index contributed by atoms with van der Waals surface area (Å²) in [5, 5.41) is 10.4. The Hall–Kier alpha value is -0.820. The van der Waals surface area contributed by atoms with Crippen molar-refractivity contribution < 1.29 is 5.11 Å². The van der Waals surface area contributed by atoms with Crippen molar-refractivity contribution in [3.63, 3.8) is 0 Å². The lowest BCUT2D eigenvalue weighted by atomic mass is 9.82. The van der Waals surface area contributed by atoms with Crippen LogP contribution in [0, 0.1) is 5.92 Å². The van der Waals surface area contributed by atoms with E-state index in [0.29, 0.717) is 0 Å². The van der Waals surface area contributed by atoms with Gasteiger partial charge in [0.2, 0.25) is 0 Å². The molecule has 0 bridgehead atoms. The zero-order chi connectivity index (χ0) is 12.6. The number of aliphatic hydroxyl groups is 1. The summed E-state index contributed by atoms with van der Waals surface area (Å²) in [4.78, 5) is 0. The molecule has 16 heavy (non-hydrogen) atoms. The first-order valence-electron chi connectivity index (χ1n) is 5.99. The van der Waals surface area contributed by atoms with E-state index in [1.807, 2.05) is 32.9 Å². The van der Waals surface area contributed by atoms with Gasteiger partial charge in [-0.1, -0.05) is 58.9 Å². The van der Waals surface area contributed by atoms with Gasteiger partial charge in [-0.2, -0.15) is 0 Å². The molecule has 0 heterocycles. The highest BCUT2D eigenvalue weighted by molar-refractivity contribution is 5.30. The molecule has 0 aliphatic carbocycles. The standard InChI is InChI=1S/C15H24O/c1-11(2)15(6,16)13-9-7-12(8-10-13)14(3,4)5/h7-11,16H,1-6H3/t15-/m1/s1. The fourth-order valence-electron chi connectivity index (χ4n) is 1.64. The van der Waals surface area contributed by atoms with Gasteiger partial charge in [0.25, 0.3) is 0 Å². The molecular formula is C15H24O. The van der Waals surface area contributed by atoms with Crippen LogP contribution in [0.15, 0.2) is 24.3 Å². The molecular weight excluding hydrogens is 196 g/mol. The van der Waals surface area contributed by atoms with Crippen molar-refractivity contribution in [2.45, 2.75) is 52.6 Å². The fraction of sp³-hybridized carbons (Fsp3) is 0.600. The first kappa shape index (κ1) is 13.2. The minimum Gasteiger partial charge on any atom is -0.385 e. The van der Waals surface area contributed by atoms with Crippen LogP contribution in [0.4, 0.5) is 0 Å². The zero-order valence-electron chi connectivity index (χ0n) is 11.3. The summed E-state index contributed by atoms with van der Waals surface area (Å²) in [7, 11) is 0. The molecule has 0 aromatic heterocycles. The van der Waals surface area contributed by atoms with Gasteiger partial charge in [-0.05, 0) is 29.4 Å². The lowest BCUT2D eigenvalue weighted by Gasteiger charge is -2.29. The lowest BCUT2D eigenvalue weighted by molar-refractivity contribution is 0.00902. The molecule has 0 saturated carbocycles. The maximum Gasteiger partial charge on any atom is 0.0891 e. The monoisotopic (exact) mass is 220 g/mol. The zero-order valence-corrected chi connectivity index (χ0v) is 11.3. The van der Waals surface area contributed by atoms with Gasteiger partial charge < -0.3 is 5.11 Å². The lowest BCUT2D eigenvalue weighted by Crippen LogP contribution is -2.28. The van der Waals surface area contributed by atoms with Crippen molar-refractivity contribution in [2.75, 3.05) is 0 Å². The summed E-state index contributed by atoms with van der Waals surface area (Å²) in [6, 6.07) is 8.32. The number of hydrogen-bond acceptors (Lipinski definition) is 1. The van der Waals surface area contributed by atoms with Crippen molar-refractivity contribution in [3.05, 3.63) is 35.4 Å². The Balaban J connectivity index is 3.05. The molecule has 1 atom stereocenters. The first-order valence-corrected chi connectivity index (χ1v) is 5.99. The molecule has 0 fully saturated rings. The third-order valence-electron chi connectivity index (χ3n) is 3.46. The average molecular weight is 220 g/mol. The van der Waals surface area contributed by atoms with Gasteiger partial charge in [0.05, 0.1) is 5.60 Å². The third-order valence-corrected chi connectivity index (χ3v) is 3.46. The third kappa shape index (κ3) is 2.65. The Morgan fingerprint density at radius 2 is 1.25 bits per heavy atom. The van der Waals surface area contributed by atoms with E-state index in [-0.39, 0.29) is 11.3 Å². The van der Waals surface area contributed by atoms with Gasteiger partial charge in [0, 0.05) is 0 Å². The predicted octanol–water partition coefficient (Wildman–Crippen LogP) is 3.85. The smallest absolute Gasteiger partial charge is 0.0891 e. The summed E-state index contributed by atoms with van der Waals surface area (Å²) < 4.78 is 0. The van der Waals surface area contributed by atoms with Gasteiger partial charge in [-0.25, -0.2) is 0 Å². The van der Waals surface area contributed by atoms with Gasteiger partial charge in [0.1, 0.15) is 0 Å². The summed E-state index contributed by atoms with van der Waals surface area (Å²) in [5.41, 5.74) is 1.73. The predicted molar refractivity (Wildman–Crippen MR) is 69.6 cm³/mol. The normalized spacial score (nSPS) is 16.2.